The summed E-state index contributed by atoms with van der Waals surface area (Å²) in [5.74, 6) is 0.619. The first-order chi connectivity index (χ1) is 5.64. The monoisotopic (exact) mass is 193 g/mol. The van der Waals surface area contributed by atoms with E-state index in [0.29, 0.717) is 12.4 Å². The molecule has 1 heterocycles. The number of hydrogen-bond donors (Lipinski definition) is 1. The van der Waals surface area contributed by atoms with Crippen LogP contribution in [0.4, 0.5) is 0 Å². The normalized spacial score (nSPS) is 27.6. The van der Waals surface area contributed by atoms with Gasteiger partial charge in [-0.2, -0.15) is 0 Å². The summed E-state index contributed by atoms with van der Waals surface area (Å²) in [6, 6.07) is 0.144. The van der Waals surface area contributed by atoms with Crippen LogP contribution in [-0.2, 0) is 14.6 Å². The van der Waals surface area contributed by atoms with Crippen molar-refractivity contribution in [3.63, 3.8) is 0 Å². The Kier molecular flexibility index (Phi) is 3.49. The molecule has 1 N–H and O–H groups in total. The quantitative estimate of drug-likeness (QED) is 0.606. The van der Waals surface area contributed by atoms with E-state index in [1.54, 1.807) is 7.11 Å². The van der Waals surface area contributed by atoms with E-state index >= 15 is 0 Å². The van der Waals surface area contributed by atoms with E-state index in [2.05, 4.69) is 5.32 Å². The third-order valence-electron chi connectivity index (χ3n) is 1.97. The van der Waals surface area contributed by atoms with Gasteiger partial charge in [-0.1, -0.05) is 0 Å². The van der Waals surface area contributed by atoms with Crippen LogP contribution in [0.2, 0.25) is 0 Å². The molecule has 1 atom stereocenters. The molecule has 0 aromatic carbocycles. The highest BCUT2D eigenvalue weighted by Gasteiger charge is 2.26. The minimum absolute atomic E-state index is 0.144. The molecule has 1 saturated heterocycles. The Labute approximate surface area is 73.2 Å². The molecule has 1 aliphatic heterocycles. The maximum Gasteiger partial charge on any atom is 0.151 e. The van der Waals surface area contributed by atoms with Crippen LogP contribution in [0.5, 0.6) is 0 Å². The molecule has 0 spiro atoms. The maximum absolute atomic E-state index is 11.0. The fourth-order valence-corrected chi connectivity index (χ4v) is 3.03. The zero-order valence-electron chi connectivity index (χ0n) is 7.25. The Bertz CT molecular complexity index is 225. The van der Waals surface area contributed by atoms with E-state index in [-0.39, 0.29) is 11.8 Å². The van der Waals surface area contributed by atoms with Crippen LogP contribution in [0.25, 0.3) is 0 Å². The fraction of sp³-hybridized carbons (Fsp3) is 1.00. The second kappa shape index (κ2) is 4.20. The van der Waals surface area contributed by atoms with Crippen LogP contribution in [0, 0.1) is 0 Å². The second-order valence-electron chi connectivity index (χ2n) is 3.05. The molecule has 0 aliphatic carbocycles. The lowest BCUT2D eigenvalue weighted by atomic mass is 10.3. The highest BCUT2D eigenvalue weighted by molar-refractivity contribution is 7.91. The summed E-state index contributed by atoms with van der Waals surface area (Å²) in [5, 5.41) is 3.13. The molecule has 5 heteroatoms. The SMILES string of the molecule is COCCNC1CCS(=O)(=O)C1. The van der Waals surface area contributed by atoms with Crippen molar-refractivity contribution in [2.75, 3.05) is 31.8 Å². The molecule has 0 bridgehead atoms. The number of methoxy groups -OCH3 is 1. The summed E-state index contributed by atoms with van der Waals surface area (Å²) in [5.41, 5.74) is 0. The third-order valence-corrected chi connectivity index (χ3v) is 3.74. The van der Waals surface area contributed by atoms with Gasteiger partial charge in [0.15, 0.2) is 9.84 Å². The first kappa shape index (κ1) is 9.95. The molecule has 0 saturated carbocycles. The van der Waals surface area contributed by atoms with Crippen LogP contribution in [0.3, 0.4) is 0 Å². The van der Waals surface area contributed by atoms with E-state index in [1.165, 1.54) is 0 Å². The van der Waals surface area contributed by atoms with Gasteiger partial charge in [0.2, 0.25) is 0 Å². The topological polar surface area (TPSA) is 55.4 Å². The summed E-state index contributed by atoms with van der Waals surface area (Å²) >= 11 is 0. The summed E-state index contributed by atoms with van der Waals surface area (Å²) in [7, 11) is -1.10. The van der Waals surface area contributed by atoms with Crippen molar-refractivity contribution in [3.8, 4) is 0 Å². The lowest BCUT2D eigenvalue weighted by Crippen LogP contribution is -2.32. The molecule has 72 valence electrons. The molecule has 0 aromatic rings. The average Bonchev–Trinajstić information content (AvgIpc) is 2.31. The summed E-state index contributed by atoms with van der Waals surface area (Å²) < 4.78 is 26.8. The molecule has 1 unspecified atom stereocenters. The third kappa shape index (κ3) is 3.08. The van der Waals surface area contributed by atoms with Crippen LogP contribution >= 0.6 is 0 Å². The number of hydrogen-bond acceptors (Lipinski definition) is 4. The predicted octanol–water partition coefficient (Wildman–Crippen LogP) is -0.590. The standard InChI is InChI=1S/C7H15NO3S/c1-11-4-3-8-7-2-5-12(9,10)6-7/h7-8H,2-6H2,1H3. The van der Waals surface area contributed by atoms with Gasteiger partial charge in [0.05, 0.1) is 18.1 Å². The van der Waals surface area contributed by atoms with Gasteiger partial charge >= 0.3 is 0 Å². The highest BCUT2D eigenvalue weighted by atomic mass is 32.2. The summed E-state index contributed by atoms with van der Waals surface area (Å²) in [4.78, 5) is 0. The van der Waals surface area contributed by atoms with Crippen molar-refractivity contribution < 1.29 is 13.2 Å². The van der Waals surface area contributed by atoms with Crippen molar-refractivity contribution in [1.29, 1.82) is 0 Å². The number of ether oxygens (including phenoxy) is 1. The lowest BCUT2D eigenvalue weighted by molar-refractivity contribution is 0.196. The smallest absolute Gasteiger partial charge is 0.151 e. The zero-order chi connectivity index (χ0) is 9.03. The molecule has 1 aliphatic rings. The largest absolute Gasteiger partial charge is 0.383 e. The van der Waals surface area contributed by atoms with E-state index < -0.39 is 9.84 Å². The molecular formula is C7H15NO3S. The molecule has 0 amide bonds. The Morgan fingerprint density at radius 3 is 2.83 bits per heavy atom. The van der Waals surface area contributed by atoms with Gasteiger partial charge in [-0.3, -0.25) is 0 Å². The second-order valence-corrected chi connectivity index (χ2v) is 5.28. The van der Waals surface area contributed by atoms with Gasteiger partial charge in [-0.05, 0) is 6.42 Å². The van der Waals surface area contributed by atoms with Gasteiger partial charge in [-0.15, -0.1) is 0 Å². The van der Waals surface area contributed by atoms with Crippen molar-refractivity contribution in [1.82, 2.24) is 5.32 Å². The minimum atomic E-state index is -2.74. The van der Waals surface area contributed by atoms with Crippen LogP contribution < -0.4 is 5.32 Å². The van der Waals surface area contributed by atoms with Gasteiger partial charge in [0.25, 0.3) is 0 Å². The van der Waals surface area contributed by atoms with Gasteiger partial charge in [0, 0.05) is 19.7 Å². The Morgan fingerprint density at radius 1 is 1.58 bits per heavy atom. The van der Waals surface area contributed by atoms with Crippen molar-refractivity contribution in [2.24, 2.45) is 0 Å². The average molecular weight is 193 g/mol. The first-order valence-corrected chi connectivity index (χ1v) is 5.89. The number of nitrogens with one attached hydrogen (secondary N) is 1. The van der Waals surface area contributed by atoms with Crippen molar-refractivity contribution in [3.05, 3.63) is 0 Å². The highest BCUT2D eigenvalue weighted by Crippen LogP contribution is 2.10. The van der Waals surface area contributed by atoms with Gasteiger partial charge in [-0.25, -0.2) is 8.42 Å². The first-order valence-electron chi connectivity index (χ1n) is 4.07. The summed E-state index contributed by atoms with van der Waals surface area (Å²) in [6.07, 6.45) is 0.742. The number of sulfone groups is 1. The van der Waals surface area contributed by atoms with E-state index in [4.69, 9.17) is 4.74 Å². The van der Waals surface area contributed by atoms with E-state index in [0.717, 1.165) is 13.0 Å². The Hall–Kier alpha value is -0.130. The lowest BCUT2D eigenvalue weighted by Gasteiger charge is -2.08. The van der Waals surface area contributed by atoms with Gasteiger partial charge < -0.3 is 10.1 Å². The van der Waals surface area contributed by atoms with Crippen LogP contribution in [0.1, 0.15) is 6.42 Å². The molecular weight excluding hydrogens is 178 g/mol. The van der Waals surface area contributed by atoms with E-state index in [1.807, 2.05) is 0 Å². The van der Waals surface area contributed by atoms with E-state index in [9.17, 15) is 8.42 Å². The molecule has 12 heavy (non-hydrogen) atoms. The van der Waals surface area contributed by atoms with Crippen molar-refractivity contribution in [2.45, 2.75) is 12.5 Å². The fourth-order valence-electron chi connectivity index (χ4n) is 1.32. The minimum Gasteiger partial charge on any atom is -0.383 e. The molecule has 0 aromatic heterocycles. The molecule has 0 radical (unpaired) electrons. The number of rotatable bonds is 4. The Morgan fingerprint density at radius 2 is 2.33 bits per heavy atom. The maximum atomic E-state index is 11.0. The van der Waals surface area contributed by atoms with Crippen LogP contribution in [-0.4, -0.2) is 46.2 Å². The Balaban J connectivity index is 2.20. The summed E-state index contributed by atoms with van der Waals surface area (Å²) in [6.45, 7) is 1.37. The molecule has 1 fully saturated rings. The van der Waals surface area contributed by atoms with Gasteiger partial charge in [0.1, 0.15) is 0 Å². The van der Waals surface area contributed by atoms with Crippen molar-refractivity contribution >= 4 is 9.84 Å². The predicted molar refractivity (Wildman–Crippen MR) is 46.9 cm³/mol. The zero-order valence-corrected chi connectivity index (χ0v) is 8.06. The molecule has 4 nitrogen and oxygen atoms in total. The van der Waals surface area contributed by atoms with Crippen LogP contribution in [0.15, 0.2) is 0 Å². The molecule has 1 rings (SSSR count).